The second kappa shape index (κ2) is 8.73. The molecule has 0 aliphatic carbocycles. The van der Waals surface area contributed by atoms with Crippen LogP contribution < -0.4 is 11.1 Å². The molecular formula is C21H19N2O3S-. The monoisotopic (exact) mass is 379 g/mol. The van der Waals surface area contributed by atoms with Crippen LogP contribution in [0.4, 0.5) is 0 Å². The van der Waals surface area contributed by atoms with E-state index in [1.54, 1.807) is 0 Å². The van der Waals surface area contributed by atoms with Gasteiger partial charge in [-0.15, -0.1) is 0 Å². The molecule has 0 fully saturated rings. The van der Waals surface area contributed by atoms with E-state index in [2.05, 4.69) is 5.32 Å². The number of rotatable bonds is 6. The molecule has 0 aliphatic heterocycles. The Balaban J connectivity index is 1.87. The summed E-state index contributed by atoms with van der Waals surface area (Å²) in [7, 11) is 0. The molecule has 3 aromatic rings. The van der Waals surface area contributed by atoms with Crippen molar-refractivity contribution < 1.29 is 13.6 Å². The number of nitrogens with two attached hydrogens (primary N) is 1. The van der Waals surface area contributed by atoms with Crippen LogP contribution in [0.5, 0.6) is 0 Å². The first kappa shape index (κ1) is 19.0. The summed E-state index contributed by atoms with van der Waals surface area (Å²) < 4.78 is 21.9. The lowest BCUT2D eigenvalue weighted by molar-refractivity contribution is 0.0930. The highest BCUT2D eigenvalue weighted by Crippen LogP contribution is 2.27. The highest BCUT2D eigenvalue weighted by Gasteiger charge is 2.23. The molecule has 0 radical (unpaired) electrons. The maximum Gasteiger partial charge on any atom is 0.251 e. The zero-order valence-electron chi connectivity index (χ0n) is 14.4. The summed E-state index contributed by atoms with van der Waals surface area (Å²) in [5, 5.41) is 2.98. The summed E-state index contributed by atoms with van der Waals surface area (Å²) in [6, 6.07) is 24.0. The highest BCUT2D eigenvalue weighted by molar-refractivity contribution is 7.79. The number of carbonyl (C=O) groups excluding carboxylic acids is 1. The summed E-state index contributed by atoms with van der Waals surface area (Å²) >= 11 is -2.32. The molecular weight excluding hydrogens is 360 g/mol. The van der Waals surface area contributed by atoms with Crippen LogP contribution >= 0.6 is 0 Å². The number of hydrogen-bond donors (Lipinski definition) is 2. The fourth-order valence-electron chi connectivity index (χ4n) is 2.85. The van der Waals surface area contributed by atoms with Gasteiger partial charge in [0.05, 0.1) is 12.1 Å². The zero-order valence-corrected chi connectivity index (χ0v) is 15.3. The Morgan fingerprint density at radius 1 is 0.852 bits per heavy atom. The quantitative estimate of drug-likeness (QED) is 0.643. The van der Waals surface area contributed by atoms with Gasteiger partial charge in [0, 0.05) is 10.5 Å². The second-order valence-electron chi connectivity index (χ2n) is 6.06. The summed E-state index contributed by atoms with van der Waals surface area (Å²) in [5.74, 6) is -0.321. The van der Waals surface area contributed by atoms with Gasteiger partial charge in [-0.2, -0.15) is 0 Å². The third-order valence-electron chi connectivity index (χ3n) is 4.30. The largest absolute Gasteiger partial charge is 0.768 e. The molecule has 1 amide bonds. The van der Waals surface area contributed by atoms with Crippen LogP contribution in [0.15, 0.2) is 89.8 Å². The lowest BCUT2D eigenvalue weighted by Gasteiger charge is -2.26. The van der Waals surface area contributed by atoms with Gasteiger partial charge in [0.1, 0.15) is 0 Å². The van der Waals surface area contributed by atoms with Gasteiger partial charge in [0.15, 0.2) is 0 Å². The molecule has 1 unspecified atom stereocenters. The van der Waals surface area contributed by atoms with Crippen LogP contribution in [0, 0.1) is 0 Å². The van der Waals surface area contributed by atoms with Gasteiger partial charge in [-0.25, -0.2) is 0 Å². The van der Waals surface area contributed by atoms with E-state index in [1.807, 2.05) is 60.7 Å². The van der Waals surface area contributed by atoms with Gasteiger partial charge >= 0.3 is 0 Å². The Labute approximate surface area is 160 Å². The molecule has 6 heteroatoms. The fraction of sp³-hybridized carbons (Fsp3) is 0.0952. The number of nitrogens with one attached hydrogen (secondary N) is 1. The van der Waals surface area contributed by atoms with E-state index in [4.69, 9.17) is 5.73 Å². The summed E-state index contributed by atoms with van der Waals surface area (Å²) in [6.45, 7) is 0. The van der Waals surface area contributed by atoms with Crippen molar-refractivity contribution in [2.45, 2.75) is 17.0 Å². The fourth-order valence-corrected chi connectivity index (χ4v) is 3.21. The van der Waals surface area contributed by atoms with Crippen molar-refractivity contribution in [2.75, 3.05) is 0 Å². The molecule has 0 saturated heterocycles. The first-order valence-corrected chi connectivity index (χ1v) is 9.49. The molecule has 0 heterocycles. The van der Waals surface area contributed by atoms with Crippen LogP contribution in [-0.4, -0.2) is 14.7 Å². The normalized spacial score (nSPS) is 14.1. The van der Waals surface area contributed by atoms with Crippen molar-refractivity contribution >= 4 is 17.0 Å². The maximum absolute atomic E-state index is 12.7. The van der Waals surface area contributed by atoms with Crippen LogP contribution in [-0.2, 0) is 11.1 Å². The third-order valence-corrected chi connectivity index (χ3v) is 4.95. The van der Waals surface area contributed by atoms with Crippen molar-refractivity contribution in [3.8, 4) is 0 Å². The molecule has 0 bridgehead atoms. The van der Waals surface area contributed by atoms with Gasteiger partial charge in [-0.1, -0.05) is 60.7 Å². The maximum atomic E-state index is 12.7. The van der Waals surface area contributed by atoms with E-state index in [1.165, 1.54) is 24.3 Å². The average molecular weight is 379 g/mol. The Morgan fingerprint density at radius 3 is 1.89 bits per heavy atom. The lowest BCUT2D eigenvalue weighted by Crippen LogP contribution is -2.36. The van der Waals surface area contributed by atoms with Crippen molar-refractivity contribution in [3.05, 3.63) is 102 Å². The van der Waals surface area contributed by atoms with Crippen LogP contribution in [0.1, 0.15) is 33.6 Å². The molecule has 5 nitrogen and oxygen atoms in total. The topological polar surface area (TPSA) is 95.2 Å². The molecule has 0 spiro atoms. The van der Waals surface area contributed by atoms with Gasteiger partial charge in [-0.05, 0) is 46.5 Å². The Kier molecular flexibility index (Phi) is 6.13. The van der Waals surface area contributed by atoms with Gasteiger partial charge in [-0.3, -0.25) is 9.00 Å². The molecule has 138 valence electrons. The second-order valence-corrected chi connectivity index (χ2v) is 7.00. The molecule has 3 rings (SSSR count). The molecule has 27 heavy (non-hydrogen) atoms. The zero-order chi connectivity index (χ0) is 19.2. The van der Waals surface area contributed by atoms with E-state index in [0.717, 1.165) is 11.1 Å². The first-order valence-electron chi connectivity index (χ1n) is 8.42. The molecule has 3 N–H and O–H groups in total. The molecule has 0 saturated carbocycles. The average Bonchev–Trinajstić information content (AvgIpc) is 2.72. The van der Waals surface area contributed by atoms with Crippen LogP contribution in [0.3, 0.4) is 0 Å². The van der Waals surface area contributed by atoms with Gasteiger partial charge in [0.25, 0.3) is 5.91 Å². The molecule has 0 aromatic heterocycles. The van der Waals surface area contributed by atoms with Crippen molar-refractivity contribution in [1.29, 1.82) is 0 Å². The van der Waals surface area contributed by atoms with Crippen molar-refractivity contribution in [1.82, 2.24) is 5.32 Å². The number of carbonyl (C=O) groups is 1. The lowest BCUT2D eigenvalue weighted by atomic mass is 9.93. The standard InChI is InChI=1S/C21H20N2O3S/c22-19(15-7-3-1-4-8-15)20(16-9-5-2-6-10-16)23-21(24)17-11-13-18(14-12-17)27(25)26/h1-14,19-20H,22H2,(H,23,24)(H,25,26)/p-1/t19-,20-/m0/s1. The molecule has 3 atom stereocenters. The summed E-state index contributed by atoms with van der Waals surface area (Å²) in [4.78, 5) is 12.9. The first-order chi connectivity index (χ1) is 13.1. The van der Waals surface area contributed by atoms with Gasteiger partial charge < -0.3 is 15.6 Å². The number of hydrogen-bond acceptors (Lipinski definition) is 4. The SMILES string of the molecule is N[C@@H](c1ccccc1)[C@@H](NC(=O)c1ccc(S(=O)[O-])cc1)c1ccccc1. The van der Waals surface area contributed by atoms with E-state index in [0.29, 0.717) is 5.56 Å². The number of benzene rings is 3. The van der Waals surface area contributed by atoms with Gasteiger partial charge in [0.2, 0.25) is 0 Å². The summed E-state index contributed by atoms with van der Waals surface area (Å²) in [6.07, 6.45) is 0. The van der Waals surface area contributed by atoms with Crippen molar-refractivity contribution in [2.24, 2.45) is 5.73 Å². The predicted octanol–water partition coefficient (Wildman–Crippen LogP) is 3.10. The van der Waals surface area contributed by atoms with E-state index < -0.39 is 23.2 Å². The molecule has 3 aromatic carbocycles. The van der Waals surface area contributed by atoms with Crippen LogP contribution in [0.25, 0.3) is 0 Å². The van der Waals surface area contributed by atoms with E-state index in [-0.39, 0.29) is 10.8 Å². The minimum Gasteiger partial charge on any atom is -0.768 e. The Hall–Kier alpha value is -2.80. The summed E-state index contributed by atoms with van der Waals surface area (Å²) in [5.41, 5.74) is 8.63. The van der Waals surface area contributed by atoms with Crippen molar-refractivity contribution in [3.63, 3.8) is 0 Å². The highest BCUT2D eigenvalue weighted by atomic mass is 32.2. The number of amides is 1. The molecule has 0 aliphatic rings. The third kappa shape index (κ3) is 4.68. The smallest absolute Gasteiger partial charge is 0.251 e. The Morgan fingerprint density at radius 2 is 1.37 bits per heavy atom. The van der Waals surface area contributed by atoms with Crippen LogP contribution in [0.2, 0.25) is 0 Å². The predicted molar refractivity (Wildman–Crippen MR) is 104 cm³/mol. The minimum absolute atomic E-state index is 0.132. The minimum atomic E-state index is -2.32. The van der Waals surface area contributed by atoms with E-state index in [9.17, 15) is 13.6 Å². The van der Waals surface area contributed by atoms with E-state index >= 15 is 0 Å². The Bertz CT molecular complexity index is 915.